The second-order valence-corrected chi connectivity index (χ2v) is 17.8. The van der Waals surface area contributed by atoms with Crippen LogP contribution in [0.25, 0.3) is 0 Å². The number of aliphatic hydroxyl groups is 1. The highest BCUT2D eigenvalue weighted by atomic mass is 28.3. The zero-order chi connectivity index (χ0) is 32.1. The zero-order valence-corrected chi connectivity index (χ0v) is 27.9. The van der Waals surface area contributed by atoms with Gasteiger partial charge in [0.05, 0.1) is 46.5 Å². The third-order valence-electron chi connectivity index (χ3n) is 9.96. The van der Waals surface area contributed by atoms with Gasteiger partial charge in [-0.15, -0.1) is 0 Å². The highest BCUT2D eigenvalue weighted by Gasteiger charge is 2.51. The lowest BCUT2D eigenvalue weighted by molar-refractivity contribution is -0.135. The molecule has 0 aliphatic carbocycles. The number of anilines is 2. The number of nitrogens with zero attached hydrogens (tertiary/aromatic N) is 1. The van der Waals surface area contributed by atoms with Crippen molar-refractivity contribution in [3.05, 3.63) is 83.9 Å². The quantitative estimate of drug-likeness (QED) is 0.198. The van der Waals surface area contributed by atoms with E-state index in [2.05, 4.69) is 49.6 Å². The number of benzene rings is 3. The van der Waals surface area contributed by atoms with E-state index in [1.807, 2.05) is 29.2 Å². The Labute approximate surface area is 267 Å². The maximum Gasteiger partial charge on any atom is 0.255 e. The monoisotopic (exact) mass is 629 g/mol. The molecule has 0 spiro atoms. The molecule has 0 aromatic heterocycles. The predicted octanol–water partition coefficient (Wildman–Crippen LogP) is 5.23. The van der Waals surface area contributed by atoms with Crippen LogP contribution >= 0.6 is 0 Å². The van der Waals surface area contributed by atoms with E-state index in [1.54, 1.807) is 31.4 Å². The van der Waals surface area contributed by atoms with Crippen LogP contribution in [0.4, 0.5) is 11.4 Å². The number of likely N-dealkylation sites (tertiary alicyclic amines) is 1. The smallest absolute Gasteiger partial charge is 0.255 e. The van der Waals surface area contributed by atoms with E-state index in [1.165, 1.54) is 10.8 Å². The second-order valence-electron chi connectivity index (χ2n) is 13.1. The van der Waals surface area contributed by atoms with Gasteiger partial charge in [0.25, 0.3) is 5.91 Å². The summed E-state index contributed by atoms with van der Waals surface area (Å²) in [6.07, 6.45) is 3.65. The molecule has 2 heterocycles. The van der Waals surface area contributed by atoms with Crippen molar-refractivity contribution in [2.24, 2.45) is 5.92 Å². The number of nitrogens with two attached hydrogens (primary N) is 1. The zero-order valence-electron chi connectivity index (χ0n) is 26.9. The summed E-state index contributed by atoms with van der Waals surface area (Å²) in [7, 11) is -0.412. The number of hydrogen-bond donors (Lipinski definition) is 3. The number of hydrogen-bond acceptors (Lipinski definition) is 6. The van der Waals surface area contributed by atoms with Gasteiger partial charge in [0.2, 0.25) is 5.91 Å². The molecule has 2 aliphatic rings. The molecule has 45 heavy (non-hydrogen) atoms. The highest BCUT2D eigenvalue weighted by Crippen LogP contribution is 2.46. The molecule has 0 unspecified atom stereocenters. The van der Waals surface area contributed by atoms with Gasteiger partial charge in [0.1, 0.15) is 5.75 Å². The summed E-state index contributed by atoms with van der Waals surface area (Å²) in [5.74, 6) is 1.03. The van der Waals surface area contributed by atoms with E-state index in [-0.39, 0.29) is 48.1 Å². The maximum absolute atomic E-state index is 13.6. The minimum atomic E-state index is -2.09. The van der Waals surface area contributed by atoms with Gasteiger partial charge in [-0.2, -0.15) is 0 Å². The minimum absolute atomic E-state index is 0.00959. The molecule has 5 atom stereocenters. The molecule has 2 amide bonds. The first kappa shape index (κ1) is 32.7. The van der Waals surface area contributed by atoms with E-state index < -0.39 is 8.07 Å². The van der Waals surface area contributed by atoms with Crippen LogP contribution in [-0.4, -0.2) is 68.4 Å². The molecule has 2 saturated heterocycles. The van der Waals surface area contributed by atoms with Gasteiger partial charge in [0, 0.05) is 23.5 Å². The van der Waals surface area contributed by atoms with E-state index in [0.29, 0.717) is 24.2 Å². The lowest BCUT2D eigenvalue weighted by Gasteiger charge is -2.36. The number of methoxy groups -OCH3 is 1. The molecule has 9 heteroatoms. The van der Waals surface area contributed by atoms with Crippen molar-refractivity contribution in [2.45, 2.75) is 75.9 Å². The van der Waals surface area contributed by atoms with Crippen LogP contribution in [0.2, 0.25) is 18.6 Å². The number of nitrogen functional groups attached to an aromatic ring is 1. The third kappa shape index (κ3) is 7.43. The van der Waals surface area contributed by atoms with Crippen molar-refractivity contribution in [3.63, 3.8) is 0 Å². The predicted molar refractivity (Wildman–Crippen MR) is 182 cm³/mol. The SMILES string of the molecule is COc1ccc([Si](C)(C)[C@@H]2[C@@H](C)[C@@H](CCc3ccc(NC(=O)c4ccc(N)cc4)cc3)O[C@H]2CC(=O)N2CCC[C@H]2CO)cc1. The number of aryl methyl sites for hydroxylation is 1. The first-order chi connectivity index (χ1) is 21.6. The van der Waals surface area contributed by atoms with Crippen LogP contribution in [-0.2, 0) is 16.0 Å². The van der Waals surface area contributed by atoms with Crippen molar-refractivity contribution in [1.29, 1.82) is 0 Å². The fourth-order valence-corrected chi connectivity index (χ4v) is 11.5. The fraction of sp³-hybridized carbons (Fsp3) is 0.444. The Morgan fingerprint density at radius 3 is 2.36 bits per heavy atom. The van der Waals surface area contributed by atoms with Gasteiger partial charge in [-0.3, -0.25) is 9.59 Å². The van der Waals surface area contributed by atoms with Crippen LogP contribution in [0.15, 0.2) is 72.8 Å². The molecule has 2 fully saturated rings. The normalized spacial score (nSPS) is 23.2. The largest absolute Gasteiger partial charge is 0.497 e. The summed E-state index contributed by atoms with van der Waals surface area (Å²) in [6.45, 7) is 7.79. The van der Waals surface area contributed by atoms with Gasteiger partial charge in [-0.05, 0) is 91.2 Å². The standard InChI is InChI=1S/C36H47N3O5Si/c1-24-32(20-9-25-7-14-28(15-8-25)38-36(42)26-10-12-27(37)13-11-26)44-33(22-34(41)39-21-5-6-29(39)23-40)35(24)45(3,4)31-18-16-30(43-2)17-19-31/h7-8,10-19,24,29,32-33,35,40H,5-6,9,20-23,37H2,1-4H3,(H,38,42)/t24-,29-,32+,33-,35+/m0/s1. The molecule has 3 aromatic carbocycles. The Morgan fingerprint density at radius 2 is 1.71 bits per heavy atom. The Balaban J connectivity index is 1.28. The molecular weight excluding hydrogens is 582 g/mol. The van der Waals surface area contributed by atoms with Crippen molar-refractivity contribution in [3.8, 4) is 5.75 Å². The van der Waals surface area contributed by atoms with Gasteiger partial charge < -0.3 is 30.5 Å². The number of amides is 2. The van der Waals surface area contributed by atoms with Crippen LogP contribution in [0.1, 0.15) is 48.5 Å². The van der Waals surface area contributed by atoms with Gasteiger partial charge >= 0.3 is 0 Å². The fourth-order valence-electron chi connectivity index (χ4n) is 7.39. The van der Waals surface area contributed by atoms with E-state index in [4.69, 9.17) is 15.2 Å². The maximum atomic E-state index is 13.6. The number of aliphatic hydroxyl groups excluding tert-OH is 1. The summed E-state index contributed by atoms with van der Waals surface area (Å²) in [6, 6.07) is 23.2. The number of rotatable bonds is 11. The first-order valence-electron chi connectivity index (χ1n) is 16.1. The average Bonchev–Trinajstić information content (AvgIpc) is 3.65. The lowest BCUT2D eigenvalue weighted by Crippen LogP contribution is -2.51. The number of carbonyl (C=O) groups is 2. The molecule has 2 aliphatic heterocycles. The van der Waals surface area contributed by atoms with Crippen LogP contribution < -0.4 is 21.0 Å². The van der Waals surface area contributed by atoms with Gasteiger partial charge in [-0.25, -0.2) is 0 Å². The third-order valence-corrected chi connectivity index (χ3v) is 14.3. The molecule has 5 rings (SSSR count). The van der Waals surface area contributed by atoms with Crippen LogP contribution in [0.3, 0.4) is 0 Å². The summed E-state index contributed by atoms with van der Waals surface area (Å²) < 4.78 is 12.2. The Hall–Kier alpha value is -3.66. The molecule has 240 valence electrons. The van der Waals surface area contributed by atoms with Crippen molar-refractivity contribution in [2.75, 3.05) is 31.3 Å². The first-order valence-corrected chi connectivity index (χ1v) is 19.1. The average molecular weight is 630 g/mol. The van der Waals surface area contributed by atoms with Crippen molar-refractivity contribution >= 4 is 36.4 Å². The van der Waals surface area contributed by atoms with Gasteiger partial charge in [-0.1, -0.05) is 49.5 Å². The molecular formula is C36H47N3O5Si. The van der Waals surface area contributed by atoms with E-state index >= 15 is 0 Å². The highest BCUT2D eigenvalue weighted by molar-refractivity contribution is 6.91. The summed E-state index contributed by atoms with van der Waals surface area (Å²) in [5.41, 5.74) is 9.07. The molecule has 8 nitrogen and oxygen atoms in total. The summed E-state index contributed by atoms with van der Waals surface area (Å²) in [5, 5.41) is 14.1. The number of ether oxygens (including phenoxy) is 2. The van der Waals surface area contributed by atoms with E-state index in [9.17, 15) is 14.7 Å². The molecule has 0 saturated carbocycles. The molecule has 0 radical (unpaired) electrons. The summed E-state index contributed by atoms with van der Waals surface area (Å²) in [4.78, 5) is 28.0. The molecule has 0 bridgehead atoms. The minimum Gasteiger partial charge on any atom is -0.497 e. The number of carbonyl (C=O) groups excluding carboxylic acids is 2. The molecule has 4 N–H and O–H groups in total. The van der Waals surface area contributed by atoms with Crippen molar-refractivity contribution in [1.82, 2.24) is 4.90 Å². The van der Waals surface area contributed by atoms with Crippen LogP contribution in [0.5, 0.6) is 5.75 Å². The number of nitrogens with one attached hydrogen (secondary N) is 1. The second kappa shape index (κ2) is 14.2. The topological polar surface area (TPSA) is 114 Å². The summed E-state index contributed by atoms with van der Waals surface area (Å²) >= 11 is 0. The van der Waals surface area contributed by atoms with Crippen LogP contribution in [0, 0.1) is 5.92 Å². The lowest BCUT2D eigenvalue weighted by atomic mass is 9.95. The van der Waals surface area contributed by atoms with E-state index in [0.717, 1.165) is 37.1 Å². The Bertz CT molecular complexity index is 1450. The van der Waals surface area contributed by atoms with Crippen molar-refractivity contribution < 1.29 is 24.2 Å². The Morgan fingerprint density at radius 1 is 1.02 bits per heavy atom. The Kier molecular flexibility index (Phi) is 10.3. The molecule has 3 aromatic rings. The van der Waals surface area contributed by atoms with Gasteiger partial charge in [0.15, 0.2) is 0 Å².